The molecule has 4 aromatic rings. The molecule has 2 fully saturated rings. The second kappa shape index (κ2) is 10.6. The van der Waals surface area contributed by atoms with Gasteiger partial charge in [-0.25, -0.2) is 19.3 Å². The third-order valence-electron chi connectivity index (χ3n) is 8.11. The van der Waals surface area contributed by atoms with Gasteiger partial charge in [-0.15, -0.1) is 0 Å². The van der Waals surface area contributed by atoms with E-state index in [0.29, 0.717) is 43.3 Å². The molecule has 1 saturated carbocycles. The molecular formula is C29H27F4N7O3. The van der Waals surface area contributed by atoms with Gasteiger partial charge < -0.3 is 21.1 Å². The Hall–Kier alpha value is -4.59. The molecule has 2 aliphatic rings. The predicted octanol–water partition coefficient (Wildman–Crippen LogP) is 4.26. The maximum Gasteiger partial charge on any atom is 0.416 e. The molecule has 10 nitrogen and oxygen atoms in total. The predicted molar refractivity (Wildman–Crippen MR) is 147 cm³/mol. The number of anilines is 2. The molecule has 0 bridgehead atoms. The summed E-state index contributed by atoms with van der Waals surface area (Å²) in [5, 5.41) is 12.0. The van der Waals surface area contributed by atoms with Gasteiger partial charge >= 0.3 is 6.18 Å². The number of aromatic nitrogens is 4. The topological polar surface area (TPSA) is 139 Å². The van der Waals surface area contributed by atoms with Crippen molar-refractivity contribution in [2.24, 2.45) is 5.41 Å². The number of amides is 2. The minimum Gasteiger partial charge on any atom is -0.395 e. The minimum atomic E-state index is -4.62. The summed E-state index contributed by atoms with van der Waals surface area (Å²) >= 11 is 0. The van der Waals surface area contributed by atoms with Gasteiger partial charge in [0, 0.05) is 48.7 Å². The molecule has 0 radical (unpaired) electrons. The number of imidazole rings is 1. The van der Waals surface area contributed by atoms with Crippen molar-refractivity contribution in [3.63, 3.8) is 0 Å². The van der Waals surface area contributed by atoms with Crippen molar-refractivity contribution < 1.29 is 32.3 Å². The number of piperidine rings is 1. The van der Waals surface area contributed by atoms with Crippen LogP contribution in [0.25, 0.3) is 16.8 Å². The number of nitrogens with two attached hydrogens (primary N) is 1. The number of likely N-dealkylation sites (tertiary alicyclic amines) is 1. The van der Waals surface area contributed by atoms with Crippen LogP contribution in [-0.4, -0.2) is 60.9 Å². The third-order valence-corrected chi connectivity index (χ3v) is 8.11. The number of carbonyl (C=O) groups is 2. The monoisotopic (exact) mass is 597 g/mol. The van der Waals surface area contributed by atoms with Crippen LogP contribution < -0.4 is 11.1 Å². The lowest BCUT2D eigenvalue weighted by Gasteiger charge is -2.34. The molecule has 14 heteroatoms. The van der Waals surface area contributed by atoms with Crippen LogP contribution in [0.2, 0.25) is 0 Å². The zero-order valence-electron chi connectivity index (χ0n) is 22.7. The number of aliphatic hydroxyl groups excluding tert-OH is 1. The number of nitrogens with one attached hydrogen (secondary N) is 1. The maximum atomic E-state index is 15.6. The first kappa shape index (κ1) is 28.5. The normalized spacial score (nSPS) is 18.1. The summed E-state index contributed by atoms with van der Waals surface area (Å²) in [7, 11) is 0. The Labute approximate surface area is 242 Å². The lowest BCUT2D eigenvalue weighted by Crippen LogP contribution is -2.44. The Kier molecular flexibility index (Phi) is 7.03. The second-order valence-electron chi connectivity index (χ2n) is 11.0. The van der Waals surface area contributed by atoms with E-state index in [0.717, 1.165) is 31.2 Å². The Morgan fingerprint density at radius 1 is 1.14 bits per heavy atom. The zero-order chi connectivity index (χ0) is 30.5. The van der Waals surface area contributed by atoms with Gasteiger partial charge in [0.05, 0.1) is 17.6 Å². The van der Waals surface area contributed by atoms with Crippen LogP contribution in [-0.2, 0) is 11.0 Å². The van der Waals surface area contributed by atoms with E-state index in [2.05, 4.69) is 15.3 Å². The van der Waals surface area contributed by atoms with Crippen molar-refractivity contribution in [3.8, 4) is 11.3 Å². The number of hydrogen-bond donors (Lipinski definition) is 3. The Balaban J connectivity index is 1.30. The van der Waals surface area contributed by atoms with E-state index in [1.807, 2.05) is 0 Å². The molecule has 4 N–H and O–H groups in total. The van der Waals surface area contributed by atoms with Crippen molar-refractivity contribution in [1.29, 1.82) is 0 Å². The molecule has 1 aromatic carbocycles. The van der Waals surface area contributed by atoms with Crippen LogP contribution in [0.3, 0.4) is 0 Å². The van der Waals surface area contributed by atoms with Crippen LogP contribution in [0.15, 0.2) is 48.9 Å². The maximum absolute atomic E-state index is 15.6. The van der Waals surface area contributed by atoms with Crippen LogP contribution in [0.4, 0.5) is 29.2 Å². The van der Waals surface area contributed by atoms with E-state index in [1.54, 1.807) is 15.5 Å². The Morgan fingerprint density at radius 3 is 2.63 bits per heavy atom. The smallest absolute Gasteiger partial charge is 0.395 e. The third kappa shape index (κ3) is 5.26. The molecule has 3 aromatic heterocycles. The largest absolute Gasteiger partial charge is 0.416 e. The molecule has 0 spiro atoms. The summed E-state index contributed by atoms with van der Waals surface area (Å²) in [5.74, 6) is -1.57. The van der Waals surface area contributed by atoms with Gasteiger partial charge in [-0.1, -0.05) is 0 Å². The molecule has 6 rings (SSSR count). The van der Waals surface area contributed by atoms with Gasteiger partial charge in [-0.3, -0.25) is 14.0 Å². The van der Waals surface area contributed by atoms with Gasteiger partial charge in [0.25, 0.3) is 5.91 Å². The van der Waals surface area contributed by atoms with Gasteiger partial charge in [0.1, 0.15) is 34.5 Å². The number of hydrogen-bond acceptors (Lipinski definition) is 7. The van der Waals surface area contributed by atoms with E-state index in [9.17, 15) is 27.9 Å². The van der Waals surface area contributed by atoms with Crippen molar-refractivity contribution in [3.05, 3.63) is 71.7 Å². The summed E-state index contributed by atoms with van der Waals surface area (Å²) in [6, 6.07) is 5.09. The number of benzene rings is 1. The van der Waals surface area contributed by atoms with Crippen LogP contribution in [0.5, 0.6) is 0 Å². The number of nitrogens with zero attached hydrogens (tertiary/aromatic N) is 5. The SMILES string of the molecule is Nc1nccn2c(C3CCCN(C(=O)C4(CO)CC4)C3)nc(-c3ccc(C(=O)Nc4cc(C(F)(F)F)ccn4)cc3F)c12. The number of pyridine rings is 1. The van der Waals surface area contributed by atoms with Gasteiger partial charge in [-0.05, 0) is 56.0 Å². The fraction of sp³-hybridized carbons (Fsp3) is 0.345. The first-order valence-corrected chi connectivity index (χ1v) is 13.7. The fourth-order valence-corrected chi connectivity index (χ4v) is 5.57. The zero-order valence-corrected chi connectivity index (χ0v) is 22.7. The Bertz CT molecular complexity index is 1740. The molecule has 1 unspecified atom stereocenters. The summed E-state index contributed by atoms with van der Waals surface area (Å²) in [4.78, 5) is 40.3. The van der Waals surface area contributed by atoms with Gasteiger partial charge in [-0.2, -0.15) is 13.2 Å². The highest BCUT2D eigenvalue weighted by atomic mass is 19.4. The molecule has 1 atom stereocenters. The molecule has 224 valence electrons. The summed E-state index contributed by atoms with van der Waals surface area (Å²) in [6.45, 7) is 0.771. The van der Waals surface area contributed by atoms with Crippen molar-refractivity contribution in [2.45, 2.75) is 37.8 Å². The minimum absolute atomic E-state index is 0.0400. The van der Waals surface area contributed by atoms with E-state index in [1.165, 1.54) is 18.3 Å². The molecule has 4 heterocycles. The fourth-order valence-electron chi connectivity index (χ4n) is 5.57. The number of carbonyl (C=O) groups excluding carboxylic acids is 2. The molecule has 1 saturated heterocycles. The number of rotatable bonds is 6. The summed E-state index contributed by atoms with van der Waals surface area (Å²) in [5.41, 5.74) is 4.99. The van der Waals surface area contributed by atoms with E-state index < -0.39 is 28.9 Å². The highest BCUT2D eigenvalue weighted by Crippen LogP contribution is 2.47. The van der Waals surface area contributed by atoms with E-state index in [-0.39, 0.29) is 46.9 Å². The molecule has 1 aliphatic heterocycles. The first-order chi connectivity index (χ1) is 20.5. The van der Waals surface area contributed by atoms with E-state index in [4.69, 9.17) is 10.7 Å². The van der Waals surface area contributed by atoms with Crippen LogP contribution >= 0.6 is 0 Å². The van der Waals surface area contributed by atoms with Crippen LogP contribution in [0.1, 0.15) is 53.3 Å². The highest BCUT2D eigenvalue weighted by molar-refractivity contribution is 6.04. The number of fused-ring (bicyclic) bond motifs is 1. The van der Waals surface area contributed by atoms with Crippen molar-refractivity contribution in [1.82, 2.24) is 24.3 Å². The summed E-state index contributed by atoms with van der Waals surface area (Å²) < 4.78 is 56.4. The van der Waals surface area contributed by atoms with Crippen molar-refractivity contribution in [2.75, 3.05) is 30.7 Å². The standard InChI is InChI=1S/C29H27F4N7O3/c30-20-12-16(26(42)37-21-13-18(5-8-35-21)29(31,32)33)3-4-19(20)22-23-24(34)36-9-11-40(23)25(38-22)17-2-1-10-39(14-17)27(43)28(15-41)6-7-28/h3-5,8-9,11-13,17,41H,1-2,6-7,10,14-15H2,(H2,34,36)(H,35,37,42). The number of aliphatic hydroxyl groups is 1. The highest BCUT2D eigenvalue weighted by Gasteiger charge is 2.51. The quantitative estimate of drug-likeness (QED) is 0.282. The lowest BCUT2D eigenvalue weighted by molar-refractivity contribution is -0.140. The average Bonchev–Trinajstić information content (AvgIpc) is 3.70. The number of alkyl halides is 3. The van der Waals surface area contributed by atoms with Gasteiger partial charge in [0.2, 0.25) is 5.91 Å². The van der Waals surface area contributed by atoms with Crippen LogP contribution in [0, 0.1) is 11.2 Å². The first-order valence-electron chi connectivity index (χ1n) is 13.7. The molecule has 43 heavy (non-hydrogen) atoms. The Morgan fingerprint density at radius 2 is 1.93 bits per heavy atom. The van der Waals surface area contributed by atoms with E-state index >= 15 is 4.39 Å². The molecule has 2 amide bonds. The molecule has 1 aliphatic carbocycles. The number of halogens is 4. The molecular weight excluding hydrogens is 570 g/mol. The second-order valence-corrected chi connectivity index (χ2v) is 11.0. The van der Waals surface area contributed by atoms with Gasteiger partial charge in [0.15, 0.2) is 0 Å². The number of nitrogen functional groups attached to an aromatic ring is 1. The summed E-state index contributed by atoms with van der Waals surface area (Å²) in [6.07, 6.45) is 2.22. The van der Waals surface area contributed by atoms with Crippen molar-refractivity contribution >= 4 is 29.0 Å². The lowest BCUT2D eigenvalue weighted by atomic mass is 9.95. The average molecular weight is 598 g/mol.